The molecule has 120 valence electrons. The molecule has 0 amide bonds. The van der Waals surface area contributed by atoms with Crippen LogP contribution in [0.5, 0.6) is 0 Å². The molecule has 8 heteroatoms. The van der Waals surface area contributed by atoms with E-state index in [1.807, 2.05) is 19.4 Å². The molecule has 2 aromatic heterocycles. The summed E-state index contributed by atoms with van der Waals surface area (Å²) in [7, 11) is 1.88. The molecule has 22 heavy (non-hydrogen) atoms. The second kappa shape index (κ2) is 5.75. The molecule has 5 nitrogen and oxygen atoms in total. The van der Waals surface area contributed by atoms with Crippen molar-refractivity contribution in [2.75, 3.05) is 13.1 Å². The number of aryl methyl sites for hydroxylation is 1. The second-order valence-corrected chi connectivity index (χ2v) is 5.78. The minimum absolute atomic E-state index is 0.119. The van der Waals surface area contributed by atoms with E-state index in [1.54, 1.807) is 4.68 Å². The van der Waals surface area contributed by atoms with Crippen molar-refractivity contribution in [1.29, 1.82) is 0 Å². The van der Waals surface area contributed by atoms with Crippen LogP contribution >= 0.6 is 0 Å². The molecule has 1 aliphatic rings. The van der Waals surface area contributed by atoms with Gasteiger partial charge in [0, 0.05) is 37.0 Å². The van der Waals surface area contributed by atoms with Crippen molar-refractivity contribution < 1.29 is 13.2 Å². The van der Waals surface area contributed by atoms with Crippen molar-refractivity contribution in [3.05, 3.63) is 35.4 Å². The van der Waals surface area contributed by atoms with Crippen molar-refractivity contribution in [2.24, 2.45) is 7.05 Å². The molecule has 2 aromatic rings. The maximum atomic E-state index is 12.6. The molecule has 0 aliphatic carbocycles. The largest absolute Gasteiger partial charge is 0.435 e. The number of hydrogen-bond acceptors (Lipinski definition) is 3. The van der Waals surface area contributed by atoms with Gasteiger partial charge in [0.05, 0.1) is 6.20 Å². The van der Waals surface area contributed by atoms with Crippen LogP contribution in [-0.2, 0) is 19.8 Å². The Hall–Kier alpha value is -1.83. The first kappa shape index (κ1) is 15.1. The molecule has 3 rings (SSSR count). The molecule has 0 saturated carbocycles. The van der Waals surface area contributed by atoms with Crippen molar-refractivity contribution in [2.45, 2.75) is 31.5 Å². The van der Waals surface area contributed by atoms with Gasteiger partial charge in [0.25, 0.3) is 0 Å². The summed E-state index contributed by atoms with van der Waals surface area (Å²) in [5.41, 5.74) is 0.912. The van der Waals surface area contributed by atoms with E-state index in [1.165, 1.54) is 0 Å². The van der Waals surface area contributed by atoms with Crippen molar-refractivity contribution >= 4 is 0 Å². The number of piperidine rings is 1. The van der Waals surface area contributed by atoms with E-state index in [2.05, 4.69) is 20.2 Å². The number of likely N-dealkylation sites (tertiary alicyclic amines) is 1. The zero-order valence-electron chi connectivity index (χ0n) is 12.3. The molecule has 1 fully saturated rings. The molecular weight excluding hydrogens is 295 g/mol. The number of nitrogens with one attached hydrogen (secondary N) is 1. The summed E-state index contributed by atoms with van der Waals surface area (Å²) in [6.07, 6.45) is 1.11. The third-order valence-corrected chi connectivity index (χ3v) is 4.08. The van der Waals surface area contributed by atoms with Crippen LogP contribution in [0.1, 0.15) is 35.7 Å². The van der Waals surface area contributed by atoms with Crippen LogP contribution in [0.2, 0.25) is 0 Å². The van der Waals surface area contributed by atoms with Crippen LogP contribution in [0.3, 0.4) is 0 Å². The Bertz CT molecular complexity index is 622. The van der Waals surface area contributed by atoms with Gasteiger partial charge < -0.3 is 0 Å². The molecule has 3 heterocycles. The standard InChI is InChI=1S/C14H18F3N5/c1-21-8-10(7-18-21)9-22-4-2-11(3-5-22)12-6-13(20-19-12)14(15,16)17/h6-8,11H,2-5,9H2,1H3,(H,19,20). The Balaban J connectivity index is 1.56. The number of alkyl halides is 3. The zero-order chi connectivity index (χ0) is 15.7. The lowest BCUT2D eigenvalue weighted by molar-refractivity contribution is -0.141. The van der Waals surface area contributed by atoms with Crippen LogP contribution < -0.4 is 0 Å². The van der Waals surface area contributed by atoms with Crippen LogP contribution in [0.25, 0.3) is 0 Å². The van der Waals surface area contributed by atoms with E-state index >= 15 is 0 Å². The van der Waals surface area contributed by atoms with Gasteiger partial charge in [-0.25, -0.2) is 0 Å². The van der Waals surface area contributed by atoms with E-state index < -0.39 is 11.9 Å². The fraction of sp³-hybridized carbons (Fsp3) is 0.571. The number of halogens is 3. The van der Waals surface area contributed by atoms with Crippen molar-refractivity contribution in [3.8, 4) is 0 Å². The van der Waals surface area contributed by atoms with E-state index in [9.17, 15) is 13.2 Å². The number of nitrogens with zero attached hydrogens (tertiary/aromatic N) is 4. The third-order valence-electron chi connectivity index (χ3n) is 4.08. The minimum Gasteiger partial charge on any atom is -0.299 e. The van der Waals surface area contributed by atoms with Gasteiger partial charge >= 0.3 is 6.18 Å². The summed E-state index contributed by atoms with van der Waals surface area (Å²) in [4.78, 5) is 2.30. The quantitative estimate of drug-likeness (QED) is 0.947. The maximum absolute atomic E-state index is 12.6. The molecule has 0 atom stereocenters. The molecule has 0 spiro atoms. The number of hydrogen-bond donors (Lipinski definition) is 1. The lowest BCUT2D eigenvalue weighted by Crippen LogP contribution is -2.32. The smallest absolute Gasteiger partial charge is 0.299 e. The summed E-state index contributed by atoms with van der Waals surface area (Å²) in [5.74, 6) is 0.119. The van der Waals surface area contributed by atoms with Gasteiger partial charge in [0.2, 0.25) is 0 Å². The van der Waals surface area contributed by atoms with Gasteiger partial charge in [0.15, 0.2) is 5.69 Å². The highest BCUT2D eigenvalue weighted by molar-refractivity contribution is 5.16. The molecule has 1 N–H and O–H groups in total. The van der Waals surface area contributed by atoms with Crippen molar-refractivity contribution in [3.63, 3.8) is 0 Å². The monoisotopic (exact) mass is 313 g/mol. The van der Waals surface area contributed by atoms with E-state index in [0.717, 1.165) is 44.1 Å². The van der Waals surface area contributed by atoms with Gasteiger partial charge in [0.1, 0.15) is 0 Å². The summed E-state index contributed by atoms with van der Waals surface area (Å²) in [6, 6.07) is 1.14. The normalized spacial score (nSPS) is 18.0. The van der Waals surface area contributed by atoms with Gasteiger partial charge in [-0.15, -0.1) is 0 Å². The SMILES string of the molecule is Cn1cc(CN2CCC(c3cc(C(F)(F)F)n[nH]3)CC2)cn1. The fourth-order valence-corrected chi connectivity index (χ4v) is 2.90. The van der Waals surface area contributed by atoms with Gasteiger partial charge in [-0.05, 0) is 32.0 Å². The van der Waals surface area contributed by atoms with E-state index in [4.69, 9.17) is 0 Å². The van der Waals surface area contributed by atoms with Gasteiger partial charge in [-0.3, -0.25) is 14.7 Å². The van der Waals surface area contributed by atoms with Crippen LogP contribution in [0.4, 0.5) is 13.2 Å². The van der Waals surface area contributed by atoms with Crippen LogP contribution in [0, 0.1) is 0 Å². The number of aromatic nitrogens is 4. The Labute approximate surface area is 126 Å². The summed E-state index contributed by atoms with van der Waals surface area (Å²) in [6.45, 7) is 2.55. The molecule has 0 bridgehead atoms. The molecule has 0 unspecified atom stereocenters. The zero-order valence-corrected chi connectivity index (χ0v) is 12.3. The van der Waals surface area contributed by atoms with Gasteiger partial charge in [-0.1, -0.05) is 0 Å². The Morgan fingerprint density at radius 1 is 1.32 bits per heavy atom. The molecule has 0 radical (unpaired) electrons. The Kier molecular flexibility index (Phi) is 3.94. The van der Waals surface area contributed by atoms with E-state index in [0.29, 0.717) is 5.69 Å². The topological polar surface area (TPSA) is 49.7 Å². The Morgan fingerprint density at radius 3 is 2.59 bits per heavy atom. The lowest BCUT2D eigenvalue weighted by atomic mass is 9.93. The molecular formula is C14H18F3N5. The molecule has 0 aromatic carbocycles. The van der Waals surface area contributed by atoms with Crippen LogP contribution in [0.15, 0.2) is 18.5 Å². The Morgan fingerprint density at radius 2 is 2.05 bits per heavy atom. The molecule has 1 aliphatic heterocycles. The fourth-order valence-electron chi connectivity index (χ4n) is 2.90. The number of aromatic amines is 1. The highest BCUT2D eigenvalue weighted by Crippen LogP contribution is 2.32. The average molecular weight is 313 g/mol. The van der Waals surface area contributed by atoms with Crippen molar-refractivity contribution in [1.82, 2.24) is 24.9 Å². The number of rotatable bonds is 3. The second-order valence-electron chi connectivity index (χ2n) is 5.78. The third kappa shape index (κ3) is 3.32. The van der Waals surface area contributed by atoms with Crippen LogP contribution in [-0.4, -0.2) is 38.0 Å². The predicted molar refractivity (Wildman–Crippen MR) is 74.0 cm³/mol. The first-order chi connectivity index (χ1) is 10.4. The highest BCUT2D eigenvalue weighted by Gasteiger charge is 2.35. The summed E-state index contributed by atoms with van der Waals surface area (Å²) in [5, 5.41) is 10.1. The number of H-pyrrole nitrogens is 1. The molecule has 1 saturated heterocycles. The summed E-state index contributed by atoms with van der Waals surface area (Å²) < 4.78 is 39.5. The average Bonchev–Trinajstić information content (AvgIpc) is 3.08. The lowest BCUT2D eigenvalue weighted by Gasteiger charge is -2.31. The first-order valence-corrected chi connectivity index (χ1v) is 7.24. The minimum atomic E-state index is -4.38. The first-order valence-electron chi connectivity index (χ1n) is 7.24. The summed E-state index contributed by atoms with van der Waals surface area (Å²) >= 11 is 0. The van der Waals surface area contributed by atoms with Gasteiger partial charge in [-0.2, -0.15) is 23.4 Å². The highest BCUT2D eigenvalue weighted by atomic mass is 19.4. The predicted octanol–water partition coefficient (Wildman–Crippen LogP) is 2.54. The maximum Gasteiger partial charge on any atom is 0.435 e. The van der Waals surface area contributed by atoms with E-state index in [-0.39, 0.29) is 5.92 Å².